The molecular weight excluding hydrogens is 311 g/mol. The van der Waals surface area contributed by atoms with Crippen LogP contribution in [-0.2, 0) is 10.0 Å². The molecule has 0 amide bonds. The van der Waals surface area contributed by atoms with E-state index in [9.17, 15) is 12.8 Å². The summed E-state index contributed by atoms with van der Waals surface area (Å²) in [7, 11) is -3.88. The summed E-state index contributed by atoms with van der Waals surface area (Å²) in [6.07, 6.45) is 1.52. The van der Waals surface area contributed by atoms with Crippen LogP contribution in [0.2, 0.25) is 0 Å². The van der Waals surface area contributed by atoms with Gasteiger partial charge in [0, 0.05) is 12.2 Å². The van der Waals surface area contributed by atoms with Crippen LogP contribution in [0.4, 0.5) is 10.1 Å². The van der Waals surface area contributed by atoms with Gasteiger partial charge in [0.1, 0.15) is 10.7 Å². The zero-order valence-electron chi connectivity index (χ0n) is 11.2. The number of thiophene rings is 1. The molecule has 0 radical (unpaired) electrons. The lowest BCUT2D eigenvalue weighted by molar-refractivity contribution is 0.394. The summed E-state index contributed by atoms with van der Waals surface area (Å²) in [6.45, 7) is 0.400. The second-order valence-corrected chi connectivity index (χ2v) is 7.66. The van der Waals surface area contributed by atoms with Crippen LogP contribution < -0.4 is 5.73 Å². The Morgan fingerprint density at radius 3 is 2.86 bits per heavy atom. The molecule has 2 heterocycles. The van der Waals surface area contributed by atoms with Gasteiger partial charge in [-0.2, -0.15) is 15.6 Å². The third kappa shape index (κ3) is 2.56. The fraction of sp³-hybridized carbons (Fsp3) is 0.286. The molecule has 1 fully saturated rings. The van der Waals surface area contributed by atoms with Gasteiger partial charge >= 0.3 is 0 Å². The van der Waals surface area contributed by atoms with Gasteiger partial charge in [0.2, 0.25) is 10.0 Å². The van der Waals surface area contributed by atoms with Gasteiger partial charge in [-0.25, -0.2) is 12.8 Å². The van der Waals surface area contributed by atoms with Crippen LogP contribution in [0.15, 0.2) is 39.9 Å². The lowest BCUT2D eigenvalue weighted by Crippen LogP contribution is -2.31. The van der Waals surface area contributed by atoms with E-state index in [4.69, 9.17) is 5.73 Å². The molecule has 1 aliphatic rings. The summed E-state index contributed by atoms with van der Waals surface area (Å²) in [6, 6.07) is 5.33. The van der Waals surface area contributed by atoms with Crippen LogP contribution in [0, 0.1) is 5.82 Å². The highest BCUT2D eigenvalue weighted by molar-refractivity contribution is 7.89. The first-order chi connectivity index (χ1) is 10.00. The fourth-order valence-electron chi connectivity index (χ4n) is 2.67. The van der Waals surface area contributed by atoms with Crippen molar-refractivity contribution in [2.24, 2.45) is 0 Å². The van der Waals surface area contributed by atoms with Crippen molar-refractivity contribution in [3.63, 3.8) is 0 Å². The highest BCUT2D eigenvalue weighted by atomic mass is 32.2. The first-order valence-electron chi connectivity index (χ1n) is 6.59. The largest absolute Gasteiger partial charge is 0.399 e. The van der Waals surface area contributed by atoms with E-state index in [0.717, 1.165) is 24.5 Å². The molecule has 4 nitrogen and oxygen atoms in total. The summed E-state index contributed by atoms with van der Waals surface area (Å²) >= 11 is 1.52. The Balaban J connectivity index is 2.03. The van der Waals surface area contributed by atoms with Crippen molar-refractivity contribution >= 4 is 27.0 Å². The van der Waals surface area contributed by atoms with Crippen LogP contribution in [-0.4, -0.2) is 19.3 Å². The maximum atomic E-state index is 13.9. The number of nitrogens with two attached hydrogens (primary N) is 1. The van der Waals surface area contributed by atoms with E-state index in [1.165, 1.54) is 27.8 Å². The topological polar surface area (TPSA) is 63.4 Å². The molecule has 7 heteroatoms. The van der Waals surface area contributed by atoms with Crippen molar-refractivity contribution < 1.29 is 12.8 Å². The minimum Gasteiger partial charge on any atom is -0.399 e. The molecule has 3 rings (SSSR count). The molecule has 112 valence electrons. The van der Waals surface area contributed by atoms with Gasteiger partial charge in [0.15, 0.2) is 0 Å². The van der Waals surface area contributed by atoms with Crippen molar-refractivity contribution in [1.82, 2.24) is 4.31 Å². The lowest BCUT2D eigenvalue weighted by atomic mass is 10.1. The molecule has 1 aliphatic heterocycles. The number of halogens is 1. The van der Waals surface area contributed by atoms with Crippen LogP contribution in [0.5, 0.6) is 0 Å². The number of nitrogens with zero attached hydrogens (tertiary/aromatic N) is 1. The van der Waals surface area contributed by atoms with Crippen LogP contribution in [0.3, 0.4) is 0 Å². The van der Waals surface area contributed by atoms with E-state index < -0.39 is 15.8 Å². The molecule has 1 aromatic carbocycles. The zero-order chi connectivity index (χ0) is 15.0. The van der Waals surface area contributed by atoms with Gasteiger partial charge < -0.3 is 5.73 Å². The van der Waals surface area contributed by atoms with Gasteiger partial charge in [0.25, 0.3) is 0 Å². The molecule has 0 spiro atoms. The van der Waals surface area contributed by atoms with Crippen molar-refractivity contribution in [2.75, 3.05) is 12.3 Å². The molecular formula is C14H15FN2O2S2. The monoisotopic (exact) mass is 326 g/mol. The molecule has 0 saturated carbocycles. The van der Waals surface area contributed by atoms with Crippen LogP contribution in [0.1, 0.15) is 24.4 Å². The highest BCUT2D eigenvalue weighted by Gasteiger charge is 2.37. The van der Waals surface area contributed by atoms with Crippen molar-refractivity contribution in [1.29, 1.82) is 0 Å². The van der Waals surface area contributed by atoms with E-state index in [1.807, 2.05) is 16.8 Å². The number of hydrogen-bond acceptors (Lipinski definition) is 4. The minimum atomic E-state index is -3.88. The quantitative estimate of drug-likeness (QED) is 0.882. The van der Waals surface area contributed by atoms with Crippen LogP contribution in [0.25, 0.3) is 0 Å². The third-order valence-corrected chi connectivity index (χ3v) is 6.30. The van der Waals surface area contributed by atoms with E-state index in [-0.39, 0.29) is 16.6 Å². The van der Waals surface area contributed by atoms with Gasteiger partial charge in [-0.3, -0.25) is 0 Å². The van der Waals surface area contributed by atoms with Gasteiger partial charge in [0.05, 0.1) is 6.04 Å². The Morgan fingerprint density at radius 2 is 2.14 bits per heavy atom. The van der Waals surface area contributed by atoms with Crippen LogP contribution >= 0.6 is 11.3 Å². The Kier molecular flexibility index (Phi) is 3.73. The Bertz CT molecular complexity index is 744. The predicted molar refractivity (Wildman–Crippen MR) is 81.0 cm³/mol. The maximum absolute atomic E-state index is 13.9. The lowest BCUT2D eigenvalue weighted by Gasteiger charge is -2.24. The Hall–Kier alpha value is -1.44. The summed E-state index contributed by atoms with van der Waals surface area (Å²) in [5, 5.41) is 3.85. The van der Waals surface area contributed by atoms with E-state index in [2.05, 4.69) is 0 Å². The second kappa shape index (κ2) is 5.40. The minimum absolute atomic E-state index is 0.220. The van der Waals surface area contributed by atoms with Crippen molar-refractivity contribution in [2.45, 2.75) is 23.8 Å². The van der Waals surface area contributed by atoms with Crippen molar-refractivity contribution in [3.05, 3.63) is 46.4 Å². The molecule has 0 bridgehead atoms. The molecule has 1 atom stereocenters. The molecule has 1 unspecified atom stereocenters. The third-order valence-electron chi connectivity index (χ3n) is 3.67. The summed E-state index contributed by atoms with van der Waals surface area (Å²) in [5.74, 6) is -0.764. The molecule has 2 aromatic rings. The first-order valence-corrected chi connectivity index (χ1v) is 8.97. The molecule has 1 aromatic heterocycles. The summed E-state index contributed by atoms with van der Waals surface area (Å²) in [5.41, 5.74) is 6.80. The summed E-state index contributed by atoms with van der Waals surface area (Å²) < 4.78 is 40.8. The van der Waals surface area contributed by atoms with Gasteiger partial charge in [-0.15, -0.1) is 0 Å². The fourth-order valence-corrected chi connectivity index (χ4v) is 5.16. The highest BCUT2D eigenvalue weighted by Crippen LogP contribution is 2.38. The predicted octanol–water partition coefficient (Wildman–Crippen LogP) is 3.00. The molecule has 21 heavy (non-hydrogen) atoms. The van der Waals surface area contributed by atoms with Gasteiger partial charge in [-0.1, -0.05) is 0 Å². The zero-order valence-corrected chi connectivity index (χ0v) is 12.8. The molecule has 0 aliphatic carbocycles. The number of nitrogen functional groups attached to an aromatic ring is 1. The number of benzene rings is 1. The average Bonchev–Trinajstić information content (AvgIpc) is 3.10. The standard InChI is InChI=1S/C14H15FN2O2S2/c15-12-4-3-11(16)8-14(12)21(18,19)17-6-1-2-13(17)10-5-7-20-9-10/h3-5,7-9,13H,1-2,6,16H2. The second-order valence-electron chi connectivity index (χ2n) is 5.02. The maximum Gasteiger partial charge on any atom is 0.246 e. The average molecular weight is 326 g/mol. The first kappa shape index (κ1) is 14.5. The normalized spacial score (nSPS) is 20.0. The van der Waals surface area contributed by atoms with E-state index in [0.29, 0.717) is 6.54 Å². The van der Waals surface area contributed by atoms with E-state index in [1.54, 1.807) is 0 Å². The number of hydrogen-bond donors (Lipinski definition) is 1. The SMILES string of the molecule is Nc1ccc(F)c(S(=O)(=O)N2CCCC2c2ccsc2)c1. The molecule has 2 N–H and O–H groups in total. The van der Waals surface area contributed by atoms with Crippen molar-refractivity contribution in [3.8, 4) is 0 Å². The number of anilines is 1. The Morgan fingerprint density at radius 1 is 1.33 bits per heavy atom. The Labute approximate surface area is 127 Å². The van der Waals surface area contributed by atoms with E-state index >= 15 is 0 Å². The summed E-state index contributed by atoms with van der Waals surface area (Å²) in [4.78, 5) is -0.343. The number of sulfonamides is 1. The molecule has 1 saturated heterocycles. The van der Waals surface area contributed by atoms with Gasteiger partial charge in [-0.05, 0) is 53.4 Å². The number of rotatable bonds is 3. The smallest absolute Gasteiger partial charge is 0.246 e.